The number of hydrogen-bond donors (Lipinski definition) is 0. The van der Waals surface area contributed by atoms with Crippen LogP contribution in [0.2, 0.25) is 5.02 Å². The lowest BCUT2D eigenvalue weighted by Gasteiger charge is -2.14. The number of methoxy groups -OCH3 is 1. The SMILES string of the molecule is COC(=O)COc1ccccc1Oc1ccc([N+](=O)[O-])c(Oc2ccc(C(F)(F)F)cc2Cl)c1. The Morgan fingerprint density at radius 1 is 0.971 bits per heavy atom. The number of nitrogens with zero attached hydrogens (tertiary/aromatic N) is 1. The highest BCUT2D eigenvalue weighted by molar-refractivity contribution is 6.32. The molecule has 0 fully saturated rings. The Bertz CT molecular complexity index is 1220. The Hall–Kier alpha value is -3.99. The van der Waals surface area contributed by atoms with E-state index in [2.05, 4.69) is 4.74 Å². The van der Waals surface area contributed by atoms with Gasteiger partial charge in [-0.05, 0) is 36.4 Å². The summed E-state index contributed by atoms with van der Waals surface area (Å²) in [6.45, 7) is -0.377. The Morgan fingerprint density at radius 2 is 1.68 bits per heavy atom. The minimum Gasteiger partial charge on any atom is -0.478 e. The number of nitro groups is 1. The largest absolute Gasteiger partial charge is 0.478 e. The van der Waals surface area contributed by atoms with Crippen LogP contribution in [-0.2, 0) is 15.7 Å². The number of alkyl halides is 3. The Morgan fingerprint density at radius 3 is 2.29 bits per heavy atom. The maximum atomic E-state index is 12.9. The second-order valence-electron chi connectivity index (χ2n) is 6.55. The minimum absolute atomic E-state index is 0.0813. The molecule has 0 aromatic heterocycles. The number of para-hydroxylation sites is 2. The van der Waals surface area contributed by atoms with Crippen LogP contribution in [0.25, 0.3) is 0 Å². The van der Waals surface area contributed by atoms with Gasteiger partial charge in [-0.3, -0.25) is 10.1 Å². The second-order valence-corrected chi connectivity index (χ2v) is 6.95. The molecule has 0 bridgehead atoms. The van der Waals surface area contributed by atoms with Crippen LogP contribution in [0.5, 0.6) is 28.7 Å². The zero-order valence-electron chi connectivity index (χ0n) is 17.3. The first kappa shape index (κ1) is 24.6. The summed E-state index contributed by atoms with van der Waals surface area (Å²) in [5.74, 6) is -0.709. The van der Waals surface area contributed by atoms with Gasteiger partial charge in [0.05, 0.1) is 22.6 Å². The predicted molar refractivity (Wildman–Crippen MR) is 114 cm³/mol. The van der Waals surface area contributed by atoms with E-state index in [9.17, 15) is 28.1 Å². The molecule has 0 spiro atoms. The van der Waals surface area contributed by atoms with Crippen LogP contribution in [0.4, 0.5) is 18.9 Å². The van der Waals surface area contributed by atoms with Crippen molar-refractivity contribution in [3.05, 3.63) is 81.4 Å². The van der Waals surface area contributed by atoms with E-state index in [0.29, 0.717) is 6.07 Å². The third kappa shape index (κ3) is 6.07. The van der Waals surface area contributed by atoms with Crippen LogP contribution >= 0.6 is 11.6 Å². The number of halogens is 4. The number of ether oxygens (including phenoxy) is 4. The van der Waals surface area contributed by atoms with E-state index in [-0.39, 0.29) is 35.4 Å². The fourth-order valence-corrected chi connectivity index (χ4v) is 2.86. The smallest absolute Gasteiger partial charge is 0.416 e. The molecular formula is C22H15ClF3NO7. The molecule has 0 N–H and O–H groups in total. The minimum atomic E-state index is -4.62. The highest BCUT2D eigenvalue weighted by Crippen LogP contribution is 2.41. The molecule has 0 aliphatic carbocycles. The average molecular weight is 498 g/mol. The van der Waals surface area contributed by atoms with E-state index in [1.54, 1.807) is 12.1 Å². The lowest BCUT2D eigenvalue weighted by molar-refractivity contribution is -0.385. The lowest BCUT2D eigenvalue weighted by atomic mass is 10.2. The maximum absolute atomic E-state index is 12.9. The number of carbonyl (C=O) groups excluding carboxylic acids is 1. The van der Waals surface area contributed by atoms with Gasteiger partial charge in [0.2, 0.25) is 5.75 Å². The predicted octanol–water partition coefficient (Wildman–Crippen LogP) is 6.40. The number of rotatable bonds is 8. The Balaban J connectivity index is 1.90. The topological polar surface area (TPSA) is 97.1 Å². The number of benzene rings is 3. The molecule has 0 unspecified atom stereocenters. The molecule has 3 rings (SSSR count). The van der Waals surface area contributed by atoms with Crippen molar-refractivity contribution in [2.75, 3.05) is 13.7 Å². The zero-order valence-corrected chi connectivity index (χ0v) is 18.1. The van der Waals surface area contributed by atoms with Crippen LogP contribution in [0, 0.1) is 10.1 Å². The number of hydrogen-bond acceptors (Lipinski definition) is 7. The fourth-order valence-electron chi connectivity index (χ4n) is 2.65. The fraction of sp³-hybridized carbons (Fsp3) is 0.136. The van der Waals surface area contributed by atoms with Crippen molar-refractivity contribution in [3.8, 4) is 28.7 Å². The Labute approximate surface area is 195 Å². The van der Waals surface area contributed by atoms with Crippen LogP contribution in [0.15, 0.2) is 60.7 Å². The first-order chi connectivity index (χ1) is 16.1. The summed E-state index contributed by atoms with van der Waals surface area (Å²) in [7, 11) is 1.20. The van der Waals surface area contributed by atoms with E-state index in [0.717, 1.165) is 18.2 Å². The molecule has 8 nitrogen and oxygen atoms in total. The van der Waals surface area contributed by atoms with Crippen molar-refractivity contribution < 1.29 is 41.8 Å². The third-order valence-electron chi connectivity index (χ3n) is 4.26. The van der Waals surface area contributed by atoms with E-state index in [1.807, 2.05) is 0 Å². The monoisotopic (exact) mass is 497 g/mol. The Kier molecular flexibility index (Phi) is 7.47. The second kappa shape index (κ2) is 10.3. The molecule has 3 aromatic rings. The first-order valence-electron chi connectivity index (χ1n) is 9.38. The van der Waals surface area contributed by atoms with Gasteiger partial charge < -0.3 is 18.9 Å². The van der Waals surface area contributed by atoms with Gasteiger partial charge in [-0.2, -0.15) is 13.2 Å². The average Bonchev–Trinajstić information content (AvgIpc) is 2.79. The van der Waals surface area contributed by atoms with Crippen molar-refractivity contribution in [1.29, 1.82) is 0 Å². The van der Waals surface area contributed by atoms with Gasteiger partial charge in [-0.15, -0.1) is 0 Å². The molecule has 0 heterocycles. The molecule has 0 aliphatic rings. The van der Waals surface area contributed by atoms with Crippen molar-refractivity contribution >= 4 is 23.3 Å². The van der Waals surface area contributed by atoms with Crippen molar-refractivity contribution in [2.24, 2.45) is 0 Å². The zero-order chi connectivity index (χ0) is 24.9. The summed E-state index contributed by atoms with van der Waals surface area (Å²) in [6, 6.07) is 12.2. The van der Waals surface area contributed by atoms with Crippen LogP contribution < -0.4 is 14.2 Å². The van der Waals surface area contributed by atoms with Gasteiger partial charge in [0.1, 0.15) is 11.5 Å². The van der Waals surface area contributed by atoms with Gasteiger partial charge in [-0.25, -0.2) is 4.79 Å². The summed E-state index contributed by atoms with van der Waals surface area (Å²) in [6.07, 6.45) is -4.62. The third-order valence-corrected chi connectivity index (χ3v) is 4.55. The molecule has 0 atom stereocenters. The van der Waals surface area contributed by atoms with E-state index in [4.69, 9.17) is 25.8 Å². The van der Waals surface area contributed by atoms with Crippen LogP contribution in [0.3, 0.4) is 0 Å². The van der Waals surface area contributed by atoms with E-state index < -0.39 is 33.3 Å². The summed E-state index contributed by atoms with van der Waals surface area (Å²) < 4.78 is 59.7. The van der Waals surface area contributed by atoms with Gasteiger partial charge in [0.25, 0.3) is 0 Å². The number of nitro benzene ring substituents is 1. The van der Waals surface area contributed by atoms with E-state index in [1.165, 1.54) is 31.4 Å². The van der Waals surface area contributed by atoms with Crippen LogP contribution in [-0.4, -0.2) is 24.6 Å². The lowest BCUT2D eigenvalue weighted by Crippen LogP contribution is -2.12. The first-order valence-corrected chi connectivity index (χ1v) is 9.76. The molecule has 0 saturated heterocycles. The quantitative estimate of drug-likeness (QED) is 0.202. The molecule has 12 heteroatoms. The molecule has 3 aromatic carbocycles. The molecule has 178 valence electrons. The van der Waals surface area contributed by atoms with Gasteiger partial charge in [0, 0.05) is 12.1 Å². The number of carbonyl (C=O) groups is 1. The summed E-state index contributed by atoms with van der Waals surface area (Å²) in [4.78, 5) is 22.0. The van der Waals surface area contributed by atoms with Crippen molar-refractivity contribution in [1.82, 2.24) is 0 Å². The maximum Gasteiger partial charge on any atom is 0.416 e. The summed E-state index contributed by atoms with van der Waals surface area (Å²) >= 11 is 5.90. The molecule has 34 heavy (non-hydrogen) atoms. The van der Waals surface area contributed by atoms with Crippen molar-refractivity contribution in [3.63, 3.8) is 0 Å². The van der Waals surface area contributed by atoms with E-state index >= 15 is 0 Å². The highest BCUT2D eigenvalue weighted by Gasteiger charge is 2.31. The van der Waals surface area contributed by atoms with Gasteiger partial charge in [0.15, 0.2) is 18.1 Å². The molecule has 0 radical (unpaired) electrons. The van der Waals surface area contributed by atoms with Crippen LogP contribution in [0.1, 0.15) is 5.56 Å². The van der Waals surface area contributed by atoms with Gasteiger partial charge in [-0.1, -0.05) is 23.7 Å². The highest BCUT2D eigenvalue weighted by atomic mass is 35.5. The molecule has 0 saturated carbocycles. The molecule has 0 amide bonds. The van der Waals surface area contributed by atoms with Gasteiger partial charge >= 0.3 is 17.8 Å². The summed E-state index contributed by atoms with van der Waals surface area (Å²) in [5.41, 5.74) is -1.47. The molecule has 0 aliphatic heterocycles. The summed E-state index contributed by atoms with van der Waals surface area (Å²) in [5, 5.41) is 11.0. The number of esters is 1. The standard InChI is InChI=1S/C22H15ClF3NO7/c1-31-21(28)12-32-18-4-2-3-5-19(18)33-14-7-8-16(27(29)30)20(11-14)34-17-9-6-13(10-15(17)23)22(24,25)26/h2-11H,12H2,1H3. The normalized spacial score (nSPS) is 11.0. The molecular weight excluding hydrogens is 483 g/mol. The van der Waals surface area contributed by atoms with Crippen molar-refractivity contribution in [2.45, 2.75) is 6.18 Å².